The Kier molecular flexibility index (Phi) is 2.73. The Bertz CT molecular complexity index is 384. The third-order valence-corrected chi connectivity index (χ3v) is 3.00. The van der Waals surface area contributed by atoms with Crippen molar-refractivity contribution in [2.24, 2.45) is 0 Å². The van der Waals surface area contributed by atoms with E-state index in [2.05, 4.69) is 0 Å². The van der Waals surface area contributed by atoms with Crippen molar-refractivity contribution in [3.8, 4) is 0 Å². The number of hydrogen-bond acceptors (Lipinski definition) is 2. The number of benzene rings is 1. The smallest absolute Gasteiger partial charge is 0.335 e. The van der Waals surface area contributed by atoms with Gasteiger partial charge in [0.25, 0.3) is 0 Å². The van der Waals surface area contributed by atoms with Gasteiger partial charge in [0.1, 0.15) is 0 Å². The van der Waals surface area contributed by atoms with Crippen molar-refractivity contribution in [3.63, 3.8) is 0 Å². The molecule has 1 atom stereocenters. The van der Waals surface area contributed by atoms with E-state index in [9.17, 15) is 4.79 Å². The minimum Gasteiger partial charge on any atom is -0.478 e. The van der Waals surface area contributed by atoms with E-state index < -0.39 is 5.97 Å². The summed E-state index contributed by atoms with van der Waals surface area (Å²) in [6, 6.07) is 5.47. The van der Waals surface area contributed by atoms with Gasteiger partial charge in [-0.15, -0.1) is 0 Å². The average Bonchev–Trinajstić information content (AvgIpc) is 2.27. The van der Waals surface area contributed by atoms with Crippen LogP contribution in [0, 0.1) is 0 Å². The summed E-state index contributed by atoms with van der Waals surface area (Å²) in [6.07, 6.45) is 2.78. The summed E-state index contributed by atoms with van der Waals surface area (Å²) in [4.78, 5) is 11.0. The highest BCUT2D eigenvalue weighted by molar-refractivity contribution is 5.89. The Hall–Kier alpha value is -1.35. The fourth-order valence-corrected chi connectivity index (χ4v) is 2.18. The molecule has 0 aliphatic heterocycles. The number of ether oxygens (including phenoxy) is 1. The second-order valence-corrected chi connectivity index (χ2v) is 3.85. The molecule has 1 unspecified atom stereocenters. The molecule has 3 nitrogen and oxygen atoms in total. The van der Waals surface area contributed by atoms with E-state index in [1.54, 1.807) is 19.2 Å². The van der Waals surface area contributed by atoms with Crippen LogP contribution in [0.2, 0.25) is 0 Å². The molecule has 1 aromatic carbocycles. The molecule has 1 aliphatic rings. The quantitative estimate of drug-likeness (QED) is 0.803. The van der Waals surface area contributed by atoms with Gasteiger partial charge in [-0.3, -0.25) is 0 Å². The number of methoxy groups -OCH3 is 1. The summed E-state index contributed by atoms with van der Waals surface area (Å²) in [5.41, 5.74) is 2.55. The van der Waals surface area contributed by atoms with E-state index in [1.165, 1.54) is 0 Å². The van der Waals surface area contributed by atoms with Gasteiger partial charge in [-0.2, -0.15) is 0 Å². The molecule has 0 amide bonds. The maximum Gasteiger partial charge on any atom is 0.335 e. The minimum absolute atomic E-state index is 0.238. The number of fused-ring (bicyclic) bond motifs is 1. The first-order chi connectivity index (χ1) is 7.22. The number of carbonyl (C=O) groups is 1. The zero-order valence-electron chi connectivity index (χ0n) is 8.69. The van der Waals surface area contributed by atoms with Gasteiger partial charge < -0.3 is 9.84 Å². The summed E-state index contributed by atoms with van der Waals surface area (Å²) in [7, 11) is 1.71. The Balaban J connectivity index is 2.37. The van der Waals surface area contributed by atoms with Crippen molar-refractivity contribution >= 4 is 5.97 Å². The monoisotopic (exact) mass is 206 g/mol. The predicted octanol–water partition coefficient (Wildman–Crippen LogP) is 1.89. The molecule has 0 saturated heterocycles. The molecule has 0 saturated carbocycles. The van der Waals surface area contributed by atoms with E-state index in [0.717, 1.165) is 30.4 Å². The summed E-state index contributed by atoms with van der Waals surface area (Å²) < 4.78 is 5.30. The van der Waals surface area contributed by atoms with Crippen LogP contribution >= 0.6 is 0 Å². The van der Waals surface area contributed by atoms with Crippen LogP contribution in [0.4, 0.5) is 0 Å². The highest BCUT2D eigenvalue weighted by Gasteiger charge is 2.22. The third kappa shape index (κ3) is 1.88. The molecule has 1 aliphatic carbocycles. The van der Waals surface area contributed by atoms with Crippen LogP contribution in [0.15, 0.2) is 18.2 Å². The van der Waals surface area contributed by atoms with Gasteiger partial charge in [0, 0.05) is 7.11 Å². The molecule has 0 fully saturated rings. The molecule has 1 aromatic rings. The first kappa shape index (κ1) is 10.2. The normalized spacial score (nSPS) is 19.7. The predicted molar refractivity (Wildman–Crippen MR) is 56.2 cm³/mol. The van der Waals surface area contributed by atoms with E-state index >= 15 is 0 Å². The van der Waals surface area contributed by atoms with E-state index in [4.69, 9.17) is 9.84 Å². The van der Waals surface area contributed by atoms with Gasteiger partial charge in [-0.25, -0.2) is 4.79 Å². The maximum atomic E-state index is 11.0. The molecule has 15 heavy (non-hydrogen) atoms. The first-order valence-electron chi connectivity index (χ1n) is 5.09. The van der Waals surface area contributed by atoms with Gasteiger partial charge in [-0.05, 0) is 36.5 Å². The topological polar surface area (TPSA) is 46.5 Å². The molecule has 0 aromatic heterocycles. The number of carboxylic acid groups (broad SMARTS) is 1. The second kappa shape index (κ2) is 4.03. The largest absolute Gasteiger partial charge is 0.478 e. The maximum absolute atomic E-state index is 11.0. The third-order valence-electron chi connectivity index (χ3n) is 3.00. The van der Waals surface area contributed by atoms with Crippen LogP contribution in [-0.2, 0) is 17.6 Å². The molecular formula is C12H14O3. The van der Waals surface area contributed by atoms with Crippen molar-refractivity contribution in [1.82, 2.24) is 0 Å². The Labute approximate surface area is 88.7 Å². The number of carboxylic acids is 1. The SMILES string of the molecule is COC1CCc2c(cccc2C(=O)O)C1. The van der Waals surface area contributed by atoms with E-state index in [-0.39, 0.29) is 6.10 Å². The Morgan fingerprint density at radius 1 is 1.53 bits per heavy atom. The number of aromatic carboxylic acids is 1. The average molecular weight is 206 g/mol. The summed E-state index contributed by atoms with van der Waals surface area (Å²) in [5, 5.41) is 9.03. The molecule has 0 heterocycles. The fourth-order valence-electron chi connectivity index (χ4n) is 2.18. The highest BCUT2D eigenvalue weighted by atomic mass is 16.5. The summed E-state index contributed by atoms with van der Waals surface area (Å²) >= 11 is 0. The summed E-state index contributed by atoms with van der Waals surface area (Å²) in [6.45, 7) is 0. The highest BCUT2D eigenvalue weighted by Crippen LogP contribution is 2.25. The van der Waals surface area contributed by atoms with Gasteiger partial charge in [0.15, 0.2) is 0 Å². The summed E-state index contributed by atoms with van der Waals surface area (Å²) in [5.74, 6) is -0.831. The van der Waals surface area contributed by atoms with E-state index in [0.29, 0.717) is 5.56 Å². The molecular weight excluding hydrogens is 192 g/mol. The van der Waals surface area contributed by atoms with Crippen LogP contribution in [0.5, 0.6) is 0 Å². The van der Waals surface area contributed by atoms with Crippen molar-refractivity contribution in [2.45, 2.75) is 25.4 Å². The Morgan fingerprint density at radius 3 is 3.00 bits per heavy atom. The van der Waals surface area contributed by atoms with Crippen molar-refractivity contribution in [3.05, 3.63) is 34.9 Å². The standard InChI is InChI=1S/C12H14O3/c1-15-9-5-6-10-8(7-9)3-2-4-11(10)12(13)14/h2-4,9H,5-7H2,1H3,(H,13,14). The Morgan fingerprint density at radius 2 is 2.33 bits per heavy atom. The lowest BCUT2D eigenvalue weighted by Gasteiger charge is -2.24. The van der Waals surface area contributed by atoms with Crippen LogP contribution in [0.1, 0.15) is 27.9 Å². The van der Waals surface area contributed by atoms with Gasteiger partial charge >= 0.3 is 5.97 Å². The van der Waals surface area contributed by atoms with Gasteiger partial charge in [-0.1, -0.05) is 12.1 Å². The van der Waals surface area contributed by atoms with Crippen LogP contribution < -0.4 is 0 Å². The van der Waals surface area contributed by atoms with E-state index in [1.807, 2.05) is 6.07 Å². The lowest BCUT2D eigenvalue weighted by Crippen LogP contribution is -2.22. The van der Waals surface area contributed by atoms with Crippen molar-refractivity contribution in [2.75, 3.05) is 7.11 Å². The van der Waals surface area contributed by atoms with Gasteiger partial charge in [0.2, 0.25) is 0 Å². The molecule has 80 valence electrons. The molecule has 1 N–H and O–H groups in total. The van der Waals surface area contributed by atoms with Crippen molar-refractivity contribution < 1.29 is 14.6 Å². The van der Waals surface area contributed by atoms with Crippen molar-refractivity contribution in [1.29, 1.82) is 0 Å². The first-order valence-corrected chi connectivity index (χ1v) is 5.09. The van der Waals surface area contributed by atoms with Gasteiger partial charge in [0.05, 0.1) is 11.7 Å². The lowest BCUT2D eigenvalue weighted by molar-refractivity contribution is 0.0690. The van der Waals surface area contributed by atoms with Crippen LogP contribution in [0.25, 0.3) is 0 Å². The van der Waals surface area contributed by atoms with Crippen LogP contribution in [-0.4, -0.2) is 24.3 Å². The molecule has 0 radical (unpaired) electrons. The minimum atomic E-state index is -0.831. The fraction of sp³-hybridized carbons (Fsp3) is 0.417. The molecule has 0 bridgehead atoms. The lowest BCUT2D eigenvalue weighted by atomic mass is 9.86. The molecule has 0 spiro atoms. The second-order valence-electron chi connectivity index (χ2n) is 3.85. The number of rotatable bonds is 2. The zero-order valence-corrected chi connectivity index (χ0v) is 8.69. The molecule has 2 rings (SSSR count). The zero-order chi connectivity index (χ0) is 10.8. The number of hydrogen-bond donors (Lipinski definition) is 1. The molecule has 3 heteroatoms. The van der Waals surface area contributed by atoms with Crippen LogP contribution in [0.3, 0.4) is 0 Å².